The average molecular weight is 207 g/mol. The molecule has 15 heavy (non-hydrogen) atoms. The van der Waals surface area contributed by atoms with Gasteiger partial charge >= 0.3 is 0 Å². The van der Waals surface area contributed by atoms with E-state index in [0.29, 0.717) is 6.04 Å². The monoisotopic (exact) mass is 207 g/mol. The van der Waals surface area contributed by atoms with Crippen LogP contribution in [0.2, 0.25) is 0 Å². The van der Waals surface area contributed by atoms with Crippen molar-refractivity contribution in [3.63, 3.8) is 0 Å². The fourth-order valence-electron chi connectivity index (χ4n) is 2.47. The maximum atomic E-state index is 4.17. The number of hydrogen-bond acceptors (Lipinski definition) is 2. The van der Waals surface area contributed by atoms with Crippen LogP contribution in [-0.4, -0.2) is 15.8 Å². The van der Waals surface area contributed by atoms with Crippen LogP contribution in [0.25, 0.3) is 0 Å². The van der Waals surface area contributed by atoms with Crippen molar-refractivity contribution < 1.29 is 0 Å². The molecule has 1 aliphatic carbocycles. The molecule has 3 nitrogen and oxygen atoms in total. The minimum Gasteiger partial charge on any atom is -0.310 e. The Labute approximate surface area is 91.9 Å². The first-order valence-corrected chi connectivity index (χ1v) is 5.96. The lowest BCUT2D eigenvalue weighted by molar-refractivity contribution is 0.380. The van der Waals surface area contributed by atoms with Gasteiger partial charge in [0.25, 0.3) is 0 Å². The largest absolute Gasteiger partial charge is 0.310 e. The predicted octanol–water partition coefficient (Wildman–Crippen LogP) is 2.09. The molecule has 1 atom stereocenters. The zero-order valence-electron chi connectivity index (χ0n) is 9.74. The molecule has 1 aliphatic rings. The van der Waals surface area contributed by atoms with Crippen molar-refractivity contribution in [2.24, 2.45) is 13.0 Å². The third-order valence-electron chi connectivity index (χ3n) is 3.49. The van der Waals surface area contributed by atoms with E-state index in [1.54, 1.807) is 0 Å². The zero-order valence-corrected chi connectivity index (χ0v) is 9.74. The Morgan fingerprint density at radius 1 is 1.53 bits per heavy atom. The summed E-state index contributed by atoms with van der Waals surface area (Å²) in [6.45, 7) is 3.26. The van der Waals surface area contributed by atoms with E-state index in [1.807, 2.05) is 17.9 Å². The molecule has 0 spiro atoms. The first kappa shape index (κ1) is 10.7. The second kappa shape index (κ2) is 4.79. The molecular formula is C12H21N3. The lowest BCUT2D eigenvalue weighted by Gasteiger charge is -2.19. The number of nitrogens with one attached hydrogen (secondary N) is 1. The smallest absolute Gasteiger partial charge is 0.0534 e. The molecule has 0 saturated heterocycles. The molecule has 3 heteroatoms. The van der Waals surface area contributed by atoms with Crippen LogP contribution in [0.3, 0.4) is 0 Å². The summed E-state index contributed by atoms with van der Waals surface area (Å²) in [5.41, 5.74) is 1.28. The summed E-state index contributed by atoms with van der Waals surface area (Å²) < 4.78 is 1.86. The summed E-state index contributed by atoms with van der Waals surface area (Å²) in [6.07, 6.45) is 9.66. The maximum absolute atomic E-state index is 4.17. The van der Waals surface area contributed by atoms with Gasteiger partial charge in [-0.3, -0.25) is 4.68 Å². The van der Waals surface area contributed by atoms with Gasteiger partial charge in [-0.15, -0.1) is 0 Å². The molecule has 0 amide bonds. The van der Waals surface area contributed by atoms with Crippen LogP contribution in [0.15, 0.2) is 12.4 Å². The molecule has 1 fully saturated rings. The van der Waals surface area contributed by atoms with Crippen molar-refractivity contribution in [3.8, 4) is 0 Å². The predicted molar refractivity (Wildman–Crippen MR) is 61.5 cm³/mol. The van der Waals surface area contributed by atoms with Gasteiger partial charge in [0.15, 0.2) is 0 Å². The second-order valence-electron chi connectivity index (χ2n) is 4.74. The molecule has 0 aromatic carbocycles. The third-order valence-corrected chi connectivity index (χ3v) is 3.49. The Bertz CT molecular complexity index is 300. The van der Waals surface area contributed by atoms with Crippen LogP contribution in [-0.2, 0) is 13.6 Å². The first-order chi connectivity index (χ1) is 7.25. The van der Waals surface area contributed by atoms with E-state index in [1.165, 1.54) is 31.2 Å². The third kappa shape index (κ3) is 2.81. The van der Waals surface area contributed by atoms with Gasteiger partial charge in [0.2, 0.25) is 0 Å². The van der Waals surface area contributed by atoms with Crippen LogP contribution in [0.1, 0.15) is 38.2 Å². The van der Waals surface area contributed by atoms with Crippen molar-refractivity contribution in [2.75, 3.05) is 0 Å². The normalized spacial score (nSPS) is 19.6. The van der Waals surface area contributed by atoms with Crippen LogP contribution in [0.4, 0.5) is 0 Å². The summed E-state index contributed by atoms with van der Waals surface area (Å²) >= 11 is 0. The summed E-state index contributed by atoms with van der Waals surface area (Å²) in [7, 11) is 1.96. The molecular weight excluding hydrogens is 186 g/mol. The summed E-state index contributed by atoms with van der Waals surface area (Å²) in [4.78, 5) is 0. The zero-order chi connectivity index (χ0) is 10.7. The van der Waals surface area contributed by atoms with E-state index in [-0.39, 0.29) is 0 Å². The highest BCUT2D eigenvalue weighted by Crippen LogP contribution is 2.27. The van der Waals surface area contributed by atoms with Crippen molar-refractivity contribution in [1.29, 1.82) is 0 Å². The van der Waals surface area contributed by atoms with Gasteiger partial charge in [0.1, 0.15) is 0 Å². The van der Waals surface area contributed by atoms with Crippen molar-refractivity contribution in [1.82, 2.24) is 15.1 Å². The van der Waals surface area contributed by atoms with Crippen molar-refractivity contribution in [3.05, 3.63) is 18.0 Å². The van der Waals surface area contributed by atoms with Crippen LogP contribution < -0.4 is 5.32 Å². The minimum absolute atomic E-state index is 0.646. The molecule has 1 saturated carbocycles. The average Bonchev–Trinajstić information content (AvgIpc) is 2.84. The molecule has 1 aromatic heterocycles. The fraction of sp³-hybridized carbons (Fsp3) is 0.750. The molecule has 1 aromatic rings. The lowest BCUT2D eigenvalue weighted by atomic mass is 10.00. The molecule has 1 heterocycles. The van der Waals surface area contributed by atoms with E-state index >= 15 is 0 Å². The standard InChI is InChI=1S/C12H21N3/c1-10(12-5-3-4-6-12)13-7-11-8-14-15(2)9-11/h8-10,12-13H,3-7H2,1-2H3. The topological polar surface area (TPSA) is 29.9 Å². The minimum atomic E-state index is 0.646. The number of aryl methyl sites for hydroxylation is 1. The van der Waals surface area contributed by atoms with Crippen LogP contribution >= 0.6 is 0 Å². The first-order valence-electron chi connectivity index (χ1n) is 5.96. The maximum Gasteiger partial charge on any atom is 0.0534 e. The van der Waals surface area contributed by atoms with Crippen LogP contribution in [0, 0.1) is 5.92 Å². The quantitative estimate of drug-likeness (QED) is 0.819. The van der Waals surface area contributed by atoms with E-state index in [9.17, 15) is 0 Å². The van der Waals surface area contributed by atoms with Gasteiger partial charge in [0.05, 0.1) is 6.20 Å². The van der Waals surface area contributed by atoms with E-state index < -0.39 is 0 Å². The Kier molecular flexibility index (Phi) is 3.41. The van der Waals surface area contributed by atoms with Gasteiger partial charge in [-0.2, -0.15) is 5.10 Å². The van der Waals surface area contributed by atoms with Gasteiger partial charge < -0.3 is 5.32 Å². The highest BCUT2D eigenvalue weighted by Gasteiger charge is 2.20. The Morgan fingerprint density at radius 3 is 2.87 bits per heavy atom. The SMILES string of the molecule is CC(NCc1cnn(C)c1)C1CCCC1. The molecule has 1 unspecified atom stereocenters. The highest BCUT2D eigenvalue weighted by molar-refractivity contribution is 5.03. The lowest BCUT2D eigenvalue weighted by Crippen LogP contribution is -2.31. The Balaban J connectivity index is 1.77. The highest BCUT2D eigenvalue weighted by atomic mass is 15.2. The number of nitrogens with zero attached hydrogens (tertiary/aromatic N) is 2. The van der Waals surface area contributed by atoms with Gasteiger partial charge in [-0.25, -0.2) is 0 Å². The molecule has 0 radical (unpaired) electrons. The Morgan fingerprint density at radius 2 is 2.27 bits per heavy atom. The summed E-state index contributed by atoms with van der Waals surface area (Å²) in [5.74, 6) is 0.890. The molecule has 1 N–H and O–H groups in total. The summed E-state index contributed by atoms with van der Waals surface area (Å²) in [5, 5.41) is 7.77. The van der Waals surface area contributed by atoms with E-state index in [0.717, 1.165) is 12.5 Å². The summed E-state index contributed by atoms with van der Waals surface area (Å²) in [6, 6.07) is 0.646. The van der Waals surface area contributed by atoms with Crippen LogP contribution in [0.5, 0.6) is 0 Å². The molecule has 84 valence electrons. The second-order valence-corrected chi connectivity index (χ2v) is 4.74. The van der Waals surface area contributed by atoms with E-state index in [4.69, 9.17) is 0 Å². The number of hydrogen-bond donors (Lipinski definition) is 1. The number of rotatable bonds is 4. The van der Waals surface area contributed by atoms with Gasteiger partial charge in [-0.1, -0.05) is 12.8 Å². The Hall–Kier alpha value is -0.830. The molecule has 0 aliphatic heterocycles. The van der Waals surface area contributed by atoms with Gasteiger partial charge in [-0.05, 0) is 25.7 Å². The van der Waals surface area contributed by atoms with Crippen molar-refractivity contribution in [2.45, 2.75) is 45.2 Å². The van der Waals surface area contributed by atoms with Gasteiger partial charge in [0, 0.05) is 31.4 Å². The van der Waals surface area contributed by atoms with E-state index in [2.05, 4.69) is 23.5 Å². The number of aromatic nitrogens is 2. The molecule has 0 bridgehead atoms. The van der Waals surface area contributed by atoms with Crippen molar-refractivity contribution >= 4 is 0 Å². The fourth-order valence-corrected chi connectivity index (χ4v) is 2.47. The molecule has 2 rings (SSSR count).